The molecule has 3 fully saturated rings. The first-order chi connectivity index (χ1) is 15.9. The maximum absolute atomic E-state index is 13.4. The number of nitrogens with one attached hydrogen (secondary N) is 1. The molecule has 0 radical (unpaired) electrons. The lowest BCUT2D eigenvalue weighted by molar-refractivity contribution is -0.172. The van der Waals surface area contributed by atoms with E-state index in [0.717, 1.165) is 11.3 Å². The molecule has 3 heterocycles. The van der Waals surface area contributed by atoms with Crippen molar-refractivity contribution in [3.05, 3.63) is 28.2 Å². The molecule has 3 amide bonds. The van der Waals surface area contributed by atoms with Gasteiger partial charge in [0.1, 0.15) is 6.04 Å². The molecule has 4 rings (SSSR count). The monoisotopic (exact) mass is 524 g/mol. The fraction of sp³-hybridized carbons (Fsp3) is 0.636. The second-order valence-corrected chi connectivity index (χ2v) is 10.1. The van der Waals surface area contributed by atoms with Gasteiger partial charge in [0.15, 0.2) is 0 Å². The van der Waals surface area contributed by atoms with Gasteiger partial charge in [-0.2, -0.15) is 17.6 Å². The molecule has 0 saturated carbocycles. The Morgan fingerprint density at radius 3 is 2.44 bits per heavy atom. The number of amides is 3. The van der Waals surface area contributed by atoms with Gasteiger partial charge in [0.25, 0.3) is 0 Å². The van der Waals surface area contributed by atoms with Crippen LogP contribution >= 0.6 is 23.2 Å². The van der Waals surface area contributed by atoms with Crippen molar-refractivity contribution in [3.8, 4) is 0 Å². The number of hydrogen-bond donors (Lipinski definition) is 1. The Balaban J connectivity index is 1.32. The second kappa shape index (κ2) is 9.35. The molecule has 0 aliphatic carbocycles. The number of fused-ring (bicyclic) bond motifs is 1. The fourth-order valence-electron chi connectivity index (χ4n) is 5.10. The Hall–Kier alpha value is -1.78. The summed E-state index contributed by atoms with van der Waals surface area (Å²) in [5, 5.41) is 3.41. The van der Waals surface area contributed by atoms with E-state index in [9.17, 15) is 27.2 Å². The topological polar surface area (TPSA) is 55.9 Å². The zero-order valence-electron chi connectivity index (χ0n) is 18.5. The first-order valence-corrected chi connectivity index (χ1v) is 12.0. The minimum Gasteiger partial charge on any atom is -0.333 e. The standard InChI is InChI=1S/C22H26Cl2F4N4O2/c1-13-19(33)32-15(3-2-8-30-11-21(25,26)22(27,28)12-30)5-6-16(32)10-31(13)20(34)29-14-4-7-17(23)18(24)9-14/h4,7,9,13,15-16H,2-3,5-6,8,10-12H2,1H3,(H,29,34)/t13-,15?,16-/m0/s1. The van der Waals surface area contributed by atoms with Gasteiger partial charge in [0.05, 0.1) is 23.1 Å². The number of benzene rings is 1. The minimum absolute atomic E-state index is 0.0937. The summed E-state index contributed by atoms with van der Waals surface area (Å²) in [7, 11) is 0. The Morgan fingerprint density at radius 2 is 1.79 bits per heavy atom. The average molecular weight is 525 g/mol. The number of anilines is 1. The number of rotatable bonds is 5. The van der Waals surface area contributed by atoms with Crippen molar-refractivity contribution >= 4 is 40.8 Å². The lowest BCUT2D eigenvalue weighted by Crippen LogP contribution is -2.62. The van der Waals surface area contributed by atoms with Crippen LogP contribution in [0.15, 0.2) is 18.2 Å². The Bertz CT molecular complexity index is 951. The van der Waals surface area contributed by atoms with Crippen LogP contribution in [0.2, 0.25) is 10.0 Å². The first kappa shape index (κ1) is 25.3. The number of likely N-dealkylation sites (tertiary alicyclic amines) is 1. The summed E-state index contributed by atoms with van der Waals surface area (Å²) < 4.78 is 53.6. The van der Waals surface area contributed by atoms with Crippen molar-refractivity contribution in [3.63, 3.8) is 0 Å². The average Bonchev–Trinajstić information content (AvgIpc) is 3.24. The van der Waals surface area contributed by atoms with Crippen LogP contribution in [-0.4, -0.2) is 82.8 Å². The largest absolute Gasteiger partial charge is 0.333 e. The van der Waals surface area contributed by atoms with Crippen molar-refractivity contribution in [1.29, 1.82) is 0 Å². The smallest absolute Gasteiger partial charge is 0.323 e. The van der Waals surface area contributed by atoms with Crippen molar-refractivity contribution < 1.29 is 27.2 Å². The van der Waals surface area contributed by atoms with Gasteiger partial charge in [-0.3, -0.25) is 9.69 Å². The van der Waals surface area contributed by atoms with Crippen LogP contribution < -0.4 is 5.32 Å². The quantitative estimate of drug-likeness (QED) is 0.554. The van der Waals surface area contributed by atoms with Crippen molar-refractivity contribution in [2.75, 3.05) is 31.5 Å². The van der Waals surface area contributed by atoms with Crippen LogP contribution in [0.5, 0.6) is 0 Å². The van der Waals surface area contributed by atoms with E-state index in [1.54, 1.807) is 24.0 Å². The zero-order valence-corrected chi connectivity index (χ0v) is 20.1. The molecule has 3 aliphatic heterocycles. The number of urea groups is 1. The SMILES string of the molecule is C[C@H]1C(=O)N2C(CCCN3CC(F)(F)C(F)(F)C3)CC[C@H]2CN1C(=O)Nc1ccc(Cl)c(Cl)c1. The van der Waals surface area contributed by atoms with Gasteiger partial charge >= 0.3 is 17.9 Å². The lowest BCUT2D eigenvalue weighted by Gasteiger charge is -2.43. The van der Waals surface area contributed by atoms with E-state index < -0.39 is 37.0 Å². The molecule has 3 atom stereocenters. The zero-order chi connectivity index (χ0) is 24.8. The van der Waals surface area contributed by atoms with Crippen LogP contribution in [0, 0.1) is 0 Å². The Kier molecular flexibility index (Phi) is 6.96. The molecular weight excluding hydrogens is 499 g/mol. The van der Waals surface area contributed by atoms with Gasteiger partial charge in [0.2, 0.25) is 5.91 Å². The molecule has 12 heteroatoms. The van der Waals surface area contributed by atoms with E-state index in [-0.39, 0.29) is 24.5 Å². The second-order valence-electron chi connectivity index (χ2n) is 9.28. The predicted octanol–water partition coefficient (Wildman–Crippen LogP) is 4.96. The molecular formula is C22H26Cl2F4N4O2. The third-order valence-electron chi connectivity index (χ3n) is 6.93. The van der Waals surface area contributed by atoms with Crippen LogP contribution in [0.4, 0.5) is 28.0 Å². The van der Waals surface area contributed by atoms with Crippen LogP contribution in [0.1, 0.15) is 32.6 Å². The van der Waals surface area contributed by atoms with Gasteiger partial charge < -0.3 is 15.1 Å². The molecule has 1 aromatic carbocycles. The Morgan fingerprint density at radius 1 is 1.12 bits per heavy atom. The minimum atomic E-state index is -4.01. The van der Waals surface area contributed by atoms with Gasteiger partial charge in [-0.1, -0.05) is 23.2 Å². The highest BCUT2D eigenvalue weighted by atomic mass is 35.5. The van der Waals surface area contributed by atoms with Crippen LogP contribution in [0.3, 0.4) is 0 Å². The summed E-state index contributed by atoms with van der Waals surface area (Å²) >= 11 is 11.9. The number of piperazine rings is 1. The molecule has 188 valence electrons. The van der Waals surface area contributed by atoms with Crippen LogP contribution in [0.25, 0.3) is 0 Å². The number of alkyl halides is 4. The maximum Gasteiger partial charge on any atom is 0.323 e. The van der Waals surface area contributed by atoms with E-state index in [2.05, 4.69) is 5.32 Å². The van der Waals surface area contributed by atoms with E-state index in [4.69, 9.17) is 23.2 Å². The number of carbonyl (C=O) groups is 2. The van der Waals surface area contributed by atoms with Gasteiger partial charge in [0, 0.05) is 24.3 Å². The third kappa shape index (κ3) is 4.81. The molecule has 0 aromatic heterocycles. The molecule has 0 spiro atoms. The van der Waals surface area contributed by atoms with E-state index >= 15 is 0 Å². The molecule has 3 aliphatic rings. The summed E-state index contributed by atoms with van der Waals surface area (Å²) in [5.74, 6) is -8.20. The number of hydrogen-bond acceptors (Lipinski definition) is 3. The van der Waals surface area contributed by atoms with E-state index in [1.807, 2.05) is 0 Å². The van der Waals surface area contributed by atoms with Gasteiger partial charge in [-0.25, -0.2) is 4.79 Å². The van der Waals surface area contributed by atoms with Crippen molar-refractivity contribution in [1.82, 2.24) is 14.7 Å². The highest BCUT2D eigenvalue weighted by Crippen LogP contribution is 2.41. The van der Waals surface area contributed by atoms with Crippen LogP contribution in [-0.2, 0) is 4.79 Å². The first-order valence-electron chi connectivity index (χ1n) is 11.2. The van der Waals surface area contributed by atoms with E-state index in [0.29, 0.717) is 41.5 Å². The third-order valence-corrected chi connectivity index (χ3v) is 7.67. The molecule has 3 saturated heterocycles. The van der Waals surface area contributed by atoms with Gasteiger partial charge in [-0.15, -0.1) is 0 Å². The lowest BCUT2D eigenvalue weighted by atomic mass is 10.1. The molecule has 1 N–H and O–H groups in total. The van der Waals surface area contributed by atoms with E-state index in [1.165, 1.54) is 11.0 Å². The molecule has 34 heavy (non-hydrogen) atoms. The normalized spacial score (nSPS) is 28.3. The van der Waals surface area contributed by atoms with Crippen molar-refractivity contribution in [2.24, 2.45) is 0 Å². The molecule has 1 unspecified atom stereocenters. The summed E-state index contributed by atoms with van der Waals surface area (Å²) in [6.45, 7) is 0.256. The number of halogens is 6. The predicted molar refractivity (Wildman–Crippen MR) is 121 cm³/mol. The number of nitrogens with zero attached hydrogens (tertiary/aromatic N) is 3. The number of carbonyl (C=O) groups excluding carboxylic acids is 2. The van der Waals surface area contributed by atoms with Crippen molar-refractivity contribution in [2.45, 2.75) is 62.6 Å². The summed E-state index contributed by atoms with van der Waals surface area (Å²) in [5.41, 5.74) is 0.462. The van der Waals surface area contributed by atoms with Gasteiger partial charge in [-0.05, 0) is 57.4 Å². The summed E-state index contributed by atoms with van der Waals surface area (Å²) in [4.78, 5) is 30.4. The summed E-state index contributed by atoms with van der Waals surface area (Å²) in [6, 6.07) is 3.37. The highest BCUT2D eigenvalue weighted by molar-refractivity contribution is 6.42. The molecule has 6 nitrogen and oxygen atoms in total. The fourth-order valence-corrected chi connectivity index (χ4v) is 5.40. The Labute approximate surface area is 205 Å². The molecule has 1 aromatic rings. The summed E-state index contributed by atoms with van der Waals surface area (Å²) in [6.07, 6.45) is 2.40. The highest BCUT2D eigenvalue weighted by Gasteiger charge is 2.62. The maximum atomic E-state index is 13.4. The molecule has 0 bridgehead atoms.